The molecule has 1 aliphatic carbocycles. The van der Waals surface area contributed by atoms with E-state index in [0.717, 1.165) is 35.3 Å². The van der Waals surface area contributed by atoms with E-state index in [0.29, 0.717) is 24.7 Å². The topological polar surface area (TPSA) is 109 Å². The van der Waals surface area contributed by atoms with Gasteiger partial charge in [-0.1, -0.05) is 26.7 Å². The van der Waals surface area contributed by atoms with E-state index in [9.17, 15) is 9.90 Å². The van der Waals surface area contributed by atoms with Gasteiger partial charge in [0.15, 0.2) is 5.82 Å². The fraction of sp³-hybridized carbons (Fsp3) is 0.565. The molecule has 172 valence electrons. The molecule has 1 unspecified atom stereocenters. The third kappa shape index (κ3) is 4.54. The van der Waals surface area contributed by atoms with Gasteiger partial charge in [-0.25, -0.2) is 4.68 Å². The summed E-state index contributed by atoms with van der Waals surface area (Å²) in [6.07, 6.45) is 4.53. The van der Waals surface area contributed by atoms with Crippen molar-refractivity contribution in [3.05, 3.63) is 46.0 Å². The number of hydrogen-bond donors (Lipinski definition) is 2. The van der Waals surface area contributed by atoms with Gasteiger partial charge in [0.2, 0.25) is 0 Å². The molecule has 3 aromatic rings. The van der Waals surface area contributed by atoms with Crippen LogP contribution in [-0.4, -0.2) is 55.5 Å². The van der Waals surface area contributed by atoms with Crippen LogP contribution in [-0.2, 0) is 6.54 Å². The minimum absolute atomic E-state index is 0.0203. The van der Waals surface area contributed by atoms with Crippen molar-refractivity contribution in [1.29, 1.82) is 0 Å². The van der Waals surface area contributed by atoms with Gasteiger partial charge in [-0.2, -0.15) is 0 Å². The summed E-state index contributed by atoms with van der Waals surface area (Å²) in [6, 6.07) is 7.67. The first-order valence-electron chi connectivity index (χ1n) is 11.3. The number of methoxy groups -OCH3 is 1. The Kier molecular flexibility index (Phi) is 6.86. The molecule has 0 aliphatic heterocycles. The standard InChI is InChI=1S/C23H32N6O3/c1-15(2)21(22-25-26-27-29(22)18-6-4-5-7-18)28(10-11-30)14-17-12-16-13-19(32-3)8-9-20(16)24-23(17)31/h8-9,12-13,15,18,21,30H,4-7,10-11,14H2,1-3H3,(H,24,31). The number of aliphatic hydroxyl groups excluding tert-OH is 1. The Hall–Kier alpha value is -2.78. The summed E-state index contributed by atoms with van der Waals surface area (Å²) in [7, 11) is 1.62. The highest BCUT2D eigenvalue weighted by atomic mass is 16.5. The monoisotopic (exact) mass is 440 g/mol. The quantitative estimate of drug-likeness (QED) is 0.526. The van der Waals surface area contributed by atoms with Gasteiger partial charge in [0, 0.05) is 29.6 Å². The average Bonchev–Trinajstić information content (AvgIpc) is 3.46. The zero-order chi connectivity index (χ0) is 22.7. The summed E-state index contributed by atoms with van der Waals surface area (Å²) in [5.41, 5.74) is 1.26. The summed E-state index contributed by atoms with van der Waals surface area (Å²) in [5.74, 6) is 1.73. The van der Waals surface area contributed by atoms with Gasteiger partial charge in [0.1, 0.15) is 5.75 Å². The van der Waals surface area contributed by atoms with E-state index in [-0.39, 0.29) is 24.1 Å². The van der Waals surface area contributed by atoms with E-state index in [1.807, 2.05) is 28.9 Å². The smallest absolute Gasteiger partial charge is 0.252 e. The lowest BCUT2D eigenvalue weighted by Crippen LogP contribution is -2.37. The van der Waals surface area contributed by atoms with Crippen LogP contribution in [0.15, 0.2) is 29.1 Å². The summed E-state index contributed by atoms with van der Waals surface area (Å²) in [6.45, 7) is 5.02. The van der Waals surface area contributed by atoms with Crippen LogP contribution in [0.5, 0.6) is 5.75 Å². The van der Waals surface area contributed by atoms with Gasteiger partial charge in [-0.05, 0) is 53.5 Å². The molecule has 2 N–H and O–H groups in total. The van der Waals surface area contributed by atoms with Crippen molar-refractivity contribution in [3.63, 3.8) is 0 Å². The van der Waals surface area contributed by atoms with Crippen LogP contribution in [0.3, 0.4) is 0 Å². The first kappa shape index (κ1) is 22.4. The Morgan fingerprint density at radius 2 is 2.06 bits per heavy atom. The number of H-pyrrole nitrogens is 1. The number of rotatable bonds is 9. The van der Waals surface area contributed by atoms with E-state index in [1.165, 1.54) is 12.8 Å². The maximum atomic E-state index is 12.9. The number of aromatic nitrogens is 5. The molecule has 1 aliphatic rings. The van der Waals surface area contributed by atoms with Gasteiger partial charge in [0.25, 0.3) is 5.56 Å². The number of nitrogens with one attached hydrogen (secondary N) is 1. The molecule has 2 heterocycles. The predicted molar refractivity (Wildman–Crippen MR) is 122 cm³/mol. The third-order valence-corrected chi connectivity index (χ3v) is 6.37. The van der Waals surface area contributed by atoms with Gasteiger partial charge in [-0.15, -0.1) is 5.10 Å². The number of ether oxygens (including phenoxy) is 1. The number of nitrogens with zero attached hydrogens (tertiary/aromatic N) is 5. The van der Waals surface area contributed by atoms with Crippen LogP contribution in [0, 0.1) is 5.92 Å². The van der Waals surface area contributed by atoms with Crippen molar-refractivity contribution in [3.8, 4) is 5.75 Å². The van der Waals surface area contributed by atoms with Gasteiger partial charge < -0.3 is 14.8 Å². The molecule has 2 aromatic heterocycles. The molecule has 0 bridgehead atoms. The second-order valence-electron chi connectivity index (χ2n) is 8.88. The Bertz CT molecular complexity index is 1100. The number of tetrazole rings is 1. The summed E-state index contributed by atoms with van der Waals surface area (Å²) < 4.78 is 7.30. The number of hydrogen-bond acceptors (Lipinski definition) is 7. The minimum Gasteiger partial charge on any atom is -0.497 e. The van der Waals surface area contributed by atoms with Gasteiger partial charge in [-0.3, -0.25) is 9.69 Å². The predicted octanol–water partition coefficient (Wildman–Crippen LogP) is 2.83. The summed E-state index contributed by atoms with van der Waals surface area (Å²) in [4.78, 5) is 17.9. The molecule has 0 radical (unpaired) electrons. The van der Waals surface area contributed by atoms with Crippen molar-refractivity contribution in [2.45, 2.75) is 58.2 Å². The average molecular weight is 441 g/mol. The van der Waals surface area contributed by atoms with E-state index in [2.05, 4.69) is 39.3 Å². The van der Waals surface area contributed by atoms with E-state index < -0.39 is 0 Å². The third-order valence-electron chi connectivity index (χ3n) is 6.37. The Labute approximate surface area is 187 Å². The molecular weight excluding hydrogens is 408 g/mol. The van der Waals surface area contributed by atoms with E-state index >= 15 is 0 Å². The molecule has 1 saturated carbocycles. The van der Waals surface area contributed by atoms with E-state index in [1.54, 1.807) is 7.11 Å². The molecule has 1 atom stereocenters. The molecule has 9 heteroatoms. The second kappa shape index (κ2) is 9.79. The zero-order valence-electron chi connectivity index (χ0n) is 19.0. The summed E-state index contributed by atoms with van der Waals surface area (Å²) in [5, 5.41) is 23.4. The SMILES string of the molecule is COc1ccc2[nH]c(=O)c(CN(CCO)C(c3nnnn3C3CCCC3)C(C)C)cc2c1. The Balaban J connectivity index is 1.70. The highest BCUT2D eigenvalue weighted by Crippen LogP contribution is 2.34. The summed E-state index contributed by atoms with van der Waals surface area (Å²) >= 11 is 0. The Morgan fingerprint density at radius 3 is 2.75 bits per heavy atom. The van der Waals surface area contributed by atoms with Crippen LogP contribution in [0.4, 0.5) is 0 Å². The molecule has 32 heavy (non-hydrogen) atoms. The maximum Gasteiger partial charge on any atom is 0.252 e. The van der Waals surface area contributed by atoms with Crippen molar-refractivity contribution in [2.24, 2.45) is 5.92 Å². The molecule has 4 rings (SSSR count). The number of aliphatic hydroxyl groups is 1. The lowest BCUT2D eigenvalue weighted by molar-refractivity contribution is 0.104. The van der Waals surface area contributed by atoms with Crippen LogP contribution in [0.2, 0.25) is 0 Å². The largest absolute Gasteiger partial charge is 0.497 e. The highest BCUT2D eigenvalue weighted by Gasteiger charge is 2.32. The second-order valence-corrected chi connectivity index (χ2v) is 8.88. The van der Waals surface area contributed by atoms with Crippen LogP contribution >= 0.6 is 0 Å². The van der Waals surface area contributed by atoms with Crippen molar-refractivity contribution in [2.75, 3.05) is 20.3 Å². The molecular formula is C23H32N6O3. The van der Waals surface area contributed by atoms with Crippen LogP contribution < -0.4 is 10.3 Å². The fourth-order valence-electron chi connectivity index (χ4n) is 4.83. The molecule has 1 fully saturated rings. The highest BCUT2D eigenvalue weighted by molar-refractivity contribution is 5.80. The molecule has 0 spiro atoms. The lowest BCUT2D eigenvalue weighted by atomic mass is 10.00. The number of fused-ring (bicyclic) bond motifs is 1. The number of benzene rings is 1. The molecule has 1 aromatic carbocycles. The molecule has 0 amide bonds. The zero-order valence-corrected chi connectivity index (χ0v) is 19.0. The van der Waals surface area contributed by atoms with Crippen LogP contribution in [0.25, 0.3) is 10.9 Å². The van der Waals surface area contributed by atoms with Gasteiger partial charge in [0.05, 0.1) is 25.8 Å². The first-order valence-corrected chi connectivity index (χ1v) is 11.3. The van der Waals surface area contributed by atoms with Gasteiger partial charge >= 0.3 is 0 Å². The molecule has 9 nitrogen and oxygen atoms in total. The van der Waals surface area contributed by atoms with E-state index in [4.69, 9.17) is 4.74 Å². The number of pyridine rings is 1. The van der Waals surface area contributed by atoms with Crippen molar-refractivity contribution >= 4 is 10.9 Å². The first-order chi connectivity index (χ1) is 15.5. The minimum atomic E-state index is -0.136. The van der Waals surface area contributed by atoms with Crippen molar-refractivity contribution < 1.29 is 9.84 Å². The fourth-order valence-corrected chi connectivity index (χ4v) is 4.83. The Morgan fingerprint density at radius 1 is 1.28 bits per heavy atom. The number of aromatic amines is 1. The normalized spacial score (nSPS) is 15.8. The lowest BCUT2D eigenvalue weighted by Gasteiger charge is -2.33. The van der Waals surface area contributed by atoms with Crippen LogP contribution in [0.1, 0.15) is 63.0 Å². The maximum absolute atomic E-state index is 12.9. The molecule has 0 saturated heterocycles. The van der Waals surface area contributed by atoms with Crippen molar-refractivity contribution in [1.82, 2.24) is 30.1 Å².